The fraction of sp³-hybridized carbons (Fsp3) is 0.600. The Bertz CT molecular complexity index is 299. The van der Waals surface area contributed by atoms with Gasteiger partial charge in [0.1, 0.15) is 12.1 Å². The minimum absolute atomic E-state index is 0.593. The van der Waals surface area contributed by atoms with Gasteiger partial charge in [-0.3, -0.25) is 0 Å². The normalized spacial score (nSPS) is 10.4. The SMILES string of the molecule is COc1ncnc(NCC(C)C)c1C. The average Bonchev–Trinajstić information content (AvgIpc) is 2.16. The van der Waals surface area contributed by atoms with Crippen molar-refractivity contribution in [3.63, 3.8) is 0 Å². The first kappa shape index (κ1) is 10.8. The lowest BCUT2D eigenvalue weighted by Gasteiger charge is -2.11. The molecule has 78 valence electrons. The first-order valence-corrected chi connectivity index (χ1v) is 4.74. The van der Waals surface area contributed by atoms with Crippen molar-refractivity contribution in [1.29, 1.82) is 0 Å². The minimum Gasteiger partial charge on any atom is -0.481 e. The van der Waals surface area contributed by atoms with E-state index in [1.54, 1.807) is 7.11 Å². The summed E-state index contributed by atoms with van der Waals surface area (Å²) in [5.41, 5.74) is 0.954. The summed E-state index contributed by atoms with van der Waals surface area (Å²) in [4.78, 5) is 8.17. The van der Waals surface area contributed by atoms with Crippen LogP contribution >= 0.6 is 0 Å². The van der Waals surface area contributed by atoms with E-state index in [4.69, 9.17) is 4.74 Å². The Morgan fingerprint density at radius 3 is 2.71 bits per heavy atom. The van der Waals surface area contributed by atoms with Gasteiger partial charge in [-0.05, 0) is 12.8 Å². The fourth-order valence-corrected chi connectivity index (χ4v) is 1.12. The maximum absolute atomic E-state index is 5.10. The van der Waals surface area contributed by atoms with Crippen LogP contribution in [-0.2, 0) is 0 Å². The number of rotatable bonds is 4. The van der Waals surface area contributed by atoms with Gasteiger partial charge in [0.15, 0.2) is 0 Å². The third kappa shape index (κ3) is 2.58. The Kier molecular flexibility index (Phi) is 3.68. The van der Waals surface area contributed by atoms with Crippen molar-refractivity contribution in [2.75, 3.05) is 19.0 Å². The molecule has 1 heterocycles. The molecule has 0 saturated heterocycles. The van der Waals surface area contributed by atoms with Gasteiger partial charge in [0, 0.05) is 6.54 Å². The molecular weight excluding hydrogens is 178 g/mol. The summed E-state index contributed by atoms with van der Waals surface area (Å²) in [5, 5.41) is 3.26. The summed E-state index contributed by atoms with van der Waals surface area (Å²) in [6, 6.07) is 0. The van der Waals surface area contributed by atoms with Gasteiger partial charge in [-0.1, -0.05) is 13.8 Å². The zero-order valence-electron chi connectivity index (χ0n) is 9.16. The van der Waals surface area contributed by atoms with Gasteiger partial charge in [0.05, 0.1) is 12.7 Å². The van der Waals surface area contributed by atoms with Gasteiger partial charge in [0.2, 0.25) is 5.88 Å². The van der Waals surface area contributed by atoms with Crippen LogP contribution in [0.4, 0.5) is 5.82 Å². The van der Waals surface area contributed by atoms with E-state index in [0.29, 0.717) is 11.8 Å². The first-order valence-electron chi connectivity index (χ1n) is 4.74. The second-order valence-electron chi connectivity index (χ2n) is 3.63. The molecule has 1 rings (SSSR count). The summed E-state index contributed by atoms with van der Waals surface area (Å²) in [6.07, 6.45) is 1.51. The monoisotopic (exact) mass is 195 g/mol. The van der Waals surface area contributed by atoms with Crippen molar-refractivity contribution in [1.82, 2.24) is 9.97 Å². The predicted molar refractivity (Wildman–Crippen MR) is 56.6 cm³/mol. The minimum atomic E-state index is 0.593. The lowest BCUT2D eigenvalue weighted by atomic mass is 10.2. The third-order valence-corrected chi connectivity index (χ3v) is 1.91. The molecule has 4 heteroatoms. The van der Waals surface area contributed by atoms with E-state index in [0.717, 1.165) is 17.9 Å². The number of nitrogens with zero attached hydrogens (tertiary/aromatic N) is 2. The maximum atomic E-state index is 5.10. The molecular formula is C10H17N3O. The zero-order valence-corrected chi connectivity index (χ0v) is 9.16. The van der Waals surface area contributed by atoms with Crippen molar-refractivity contribution in [3.05, 3.63) is 11.9 Å². The highest BCUT2D eigenvalue weighted by molar-refractivity contribution is 5.47. The molecule has 0 amide bonds. The van der Waals surface area contributed by atoms with Gasteiger partial charge in [-0.2, -0.15) is 0 Å². The van der Waals surface area contributed by atoms with Gasteiger partial charge in [0.25, 0.3) is 0 Å². The molecule has 0 aliphatic carbocycles. The van der Waals surface area contributed by atoms with Crippen LogP contribution in [-0.4, -0.2) is 23.6 Å². The van der Waals surface area contributed by atoms with Crippen molar-refractivity contribution < 1.29 is 4.74 Å². The fourth-order valence-electron chi connectivity index (χ4n) is 1.12. The lowest BCUT2D eigenvalue weighted by molar-refractivity contribution is 0.393. The van der Waals surface area contributed by atoms with Gasteiger partial charge in [-0.25, -0.2) is 9.97 Å². The Morgan fingerprint density at radius 2 is 2.14 bits per heavy atom. The number of nitrogens with one attached hydrogen (secondary N) is 1. The number of hydrogen-bond acceptors (Lipinski definition) is 4. The number of anilines is 1. The lowest BCUT2D eigenvalue weighted by Crippen LogP contribution is -2.11. The van der Waals surface area contributed by atoms with Gasteiger partial charge >= 0.3 is 0 Å². The Morgan fingerprint density at radius 1 is 1.43 bits per heavy atom. The molecule has 1 aromatic rings. The largest absolute Gasteiger partial charge is 0.481 e. The van der Waals surface area contributed by atoms with E-state index in [2.05, 4.69) is 29.1 Å². The molecule has 1 N–H and O–H groups in total. The zero-order chi connectivity index (χ0) is 10.6. The molecule has 0 aliphatic rings. The maximum Gasteiger partial charge on any atom is 0.221 e. The van der Waals surface area contributed by atoms with E-state index in [-0.39, 0.29) is 0 Å². The number of methoxy groups -OCH3 is 1. The Balaban J connectivity index is 2.76. The summed E-state index contributed by atoms with van der Waals surface area (Å²) >= 11 is 0. The second kappa shape index (κ2) is 4.79. The third-order valence-electron chi connectivity index (χ3n) is 1.91. The summed E-state index contributed by atoms with van der Waals surface area (Å²) in [6.45, 7) is 7.16. The predicted octanol–water partition coefficient (Wildman–Crippen LogP) is 1.86. The van der Waals surface area contributed by atoms with Crippen molar-refractivity contribution in [2.24, 2.45) is 5.92 Å². The second-order valence-corrected chi connectivity index (χ2v) is 3.63. The van der Waals surface area contributed by atoms with Crippen molar-refractivity contribution >= 4 is 5.82 Å². The molecule has 0 bridgehead atoms. The highest BCUT2D eigenvalue weighted by Gasteiger charge is 2.06. The molecule has 0 radical (unpaired) electrons. The molecule has 0 aliphatic heterocycles. The van der Waals surface area contributed by atoms with E-state index in [1.807, 2.05) is 6.92 Å². The molecule has 4 nitrogen and oxygen atoms in total. The molecule has 0 saturated carbocycles. The first-order chi connectivity index (χ1) is 6.65. The molecule has 14 heavy (non-hydrogen) atoms. The standard InChI is InChI=1S/C10H17N3O/c1-7(2)5-11-9-8(3)10(14-4)13-6-12-9/h6-7H,5H2,1-4H3,(H,11,12,13). The molecule has 0 unspecified atom stereocenters. The Labute approximate surface area is 84.7 Å². The summed E-state index contributed by atoms with van der Waals surface area (Å²) in [5.74, 6) is 2.08. The summed E-state index contributed by atoms with van der Waals surface area (Å²) < 4.78 is 5.10. The molecule has 1 aromatic heterocycles. The van der Waals surface area contributed by atoms with E-state index < -0.39 is 0 Å². The number of aromatic nitrogens is 2. The van der Waals surface area contributed by atoms with E-state index >= 15 is 0 Å². The van der Waals surface area contributed by atoms with Crippen LogP contribution in [0.25, 0.3) is 0 Å². The quantitative estimate of drug-likeness (QED) is 0.796. The highest BCUT2D eigenvalue weighted by Crippen LogP contribution is 2.19. The topological polar surface area (TPSA) is 47.0 Å². The van der Waals surface area contributed by atoms with Gasteiger partial charge < -0.3 is 10.1 Å². The Hall–Kier alpha value is -1.32. The van der Waals surface area contributed by atoms with E-state index in [1.165, 1.54) is 6.33 Å². The van der Waals surface area contributed by atoms with Crippen LogP contribution < -0.4 is 10.1 Å². The smallest absolute Gasteiger partial charge is 0.221 e. The average molecular weight is 195 g/mol. The van der Waals surface area contributed by atoms with Crippen LogP contribution in [0.3, 0.4) is 0 Å². The van der Waals surface area contributed by atoms with E-state index in [9.17, 15) is 0 Å². The van der Waals surface area contributed by atoms with Gasteiger partial charge in [-0.15, -0.1) is 0 Å². The van der Waals surface area contributed by atoms with Crippen LogP contribution in [0, 0.1) is 12.8 Å². The highest BCUT2D eigenvalue weighted by atomic mass is 16.5. The van der Waals surface area contributed by atoms with Crippen molar-refractivity contribution in [2.45, 2.75) is 20.8 Å². The van der Waals surface area contributed by atoms with Crippen molar-refractivity contribution in [3.8, 4) is 5.88 Å². The molecule has 0 fully saturated rings. The molecule has 0 spiro atoms. The summed E-state index contributed by atoms with van der Waals surface area (Å²) in [7, 11) is 1.61. The van der Waals surface area contributed by atoms with Crippen LogP contribution in [0.1, 0.15) is 19.4 Å². The van der Waals surface area contributed by atoms with Crippen LogP contribution in [0.2, 0.25) is 0 Å². The molecule has 0 atom stereocenters. The number of ether oxygens (including phenoxy) is 1. The molecule has 0 aromatic carbocycles. The van der Waals surface area contributed by atoms with Crippen LogP contribution in [0.5, 0.6) is 5.88 Å². The number of hydrogen-bond donors (Lipinski definition) is 1. The van der Waals surface area contributed by atoms with Crippen LogP contribution in [0.15, 0.2) is 6.33 Å².